The molecule has 1 atom stereocenters. The smallest absolute Gasteiger partial charge is 0.321 e. The molecule has 2 aliphatic heterocycles. The zero-order valence-electron chi connectivity index (χ0n) is 13.1. The van der Waals surface area contributed by atoms with Gasteiger partial charge in [0.15, 0.2) is 0 Å². The van der Waals surface area contributed by atoms with Crippen molar-refractivity contribution in [2.45, 2.75) is 38.3 Å². The highest BCUT2D eigenvalue weighted by atomic mass is 16.2. The number of piperidine rings is 1. The van der Waals surface area contributed by atoms with Crippen molar-refractivity contribution in [3.63, 3.8) is 0 Å². The second-order valence-electron chi connectivity index (χ2n) is 6.32. The lowest BCUT2D eigenvalue weighted by molar-refractivity contribution is 0.164. The molecule has 0 aromatic heterocycles. The van der Waals surface area contributed by atoms with Gasteiger partial charge in [-0.05, 0) is 50.0 Å². The van der Waals surface area contributed by atoms with Crippen LogP contribution >= 0.6 is 0 Å². The summed E-state index contributed by atoms with van der Waals surface area (Å²) in [6, 6.07) is 8.30. The molecule has 5 heteroatoms. The van der Waals surface area contributed by atoms with Crippen molar-refractivity contribution in [2.24, 2.45) is 5.73 Å². The molecule has 1 unspecified atom stereocenters. The molecule has 0 bridgehead atoms. The minimum absolute atomic E-state index is 0.0139. The normalized spacial score (nSPS) is 22.8. The molecule has 5 nitrogen and oxygen atoms in total. The number of likely N-dealkylation sites (tertiary alicyclic amines) is 2. The summed E-state index contributed by atoms with van der Waals surface area (Å²) in [5.74, 6) is 0. The van der Waals surface area contributed by atoms with Crippen LogP contribution in [0.3, 0.4) is 0 Å². The van der Waals surface area contributed by atoms with Crippen LogP contribution in [-0.4, -0.2) is 48.1 Å². The van der Waals surface area contributed by atoms with Crippen LogP contribution < -0.4 is 11.1 Å². The lowest BCUT2D eigenvalue weighted by atomic mass is 10.1. The third kappa shape index (κ3) is 3.59. The fourth-order valence-corrected chi connectivity index (χ4v) is 3.43. The van der Waals surface area contributed by atoms with Crippen LogP contribution in [0.1, 0.15) is 31.2 Å². The molecule has 0 saturated carbocycles. The van der Waals surface area contributed by atoms with Gasteiger partial charge in [0.1, 0.15) is 0 Å². The van der Waals surface area contributed by atoms with Crippen molar-refractivity contribution in [1.82, 2.24) is 9.80 Å². The molecule has 120 valence electrons. The molecule has 2 fully saturated rings. The number of carbonyl (C=O) groups excluding carboxylic acids is 1. The van der Waals surface area contributed by atoms with Gasteiger partial charge in [0.2, 0.25) is 0 Å². The first kappa shape index (κ1) is 15.3. The maximum atomic E-state index is 12.4. The SMILES string of the molecule is NCc1ccc(NC(=O)N2CCC(N3CCCCC3)C2)cc1. The molecule has 0 radical (unpaired) electrons. The van der Waals surface area contributed by atoms with E-state index >= 15 is 0 Å². The average molecular weight is 302 g/mol. The second-order valence-corrected chi connectivity index (χ2v) is 6.32. The van der Waals surface area contributed by atoms with Gasteiger partial charge in [-0.3, -0.25) is 4.90 Å². The zero-order valence-corrected chi connectivity index (χ0v) is 13.1. The highest BCUT2D eigenvalue weighted by molar-refractivity contribution is 5.89. The van der Waals surface area contributed by atoms with Gasteiger partial charge in [-0.25, -0.2) is 4.79 Å². The number of nitrogens with zero attached hydrogens (tertiary/aromatic N) is 2. The van der Waals surface area contributed by atoms with Crippen molar-refractivity contribution in [2.75, 3.05) is 31.5 Å². The Kier molecular flexibility index (Phi) is 4.95. The van der Waals surface area contributed by atoms with E-state index in [-0.39, 0.29) is 6.03 Å². The molecule has 3 N–H and O–H groups in total. The predicted molar refractivity (Wildman–Crippen MR) is 88.8 cm³/mol. The summed E-state index contributed by atoms with van der Waals surface area (Å²) in [6.07, 6.45) is 5.05. The Morgan fingerprint density at radius 2 is 1.86 bits per heavy atom. The number of amides is 2. The molecule has 2 saturated heterocycles. The maximum absolute atomic E-state index is 12.4. The van der Waals surface area contributed by atoms with Crippen LogP contribution in [0.2, 0.25) is 0 Å². The van der Waals surface area contributed by atoms with E-state index in [1.54, 1.807) is 0 Å². The van der Waals surface area contributed by atoms with Crippen molar-refractivity contribution >= 4 is 11.7 Å². The molecule has 2 amide bonds. The van der Waals surface area contributed by atoms with Crippen LogP contribution in [-0.2, 0) is 6.54 Å². The number of nitrogens with one attached hydrogen (secondary N) is 1. The third-order valence-corrected chi connectivity index (χ3v) is 4.80. The fraction of sp³-hybridized carbons (Fsp3) is 0.588. The summed E-state index contributed by atoms with van der Waals surface area (Å²) in [6.45, 7) is 4.62. The van der Waals surface area contributed by atoms with Crippen molar-refractivity contribution < 1.29 is 4.79 Å². The van der Waals surface area contributed by atoms with E-state index in [2.05, 4.69) is 10.2 Å². The van der Waals surface area contributed by atoms with Crippen molar-refractivity contribution in [1.29, 1.82) is 0 Å². The lowest BCUT2D eigenvalue weighted by Crippen LogP contribution is -2.42. The minimum atomic E-state index is 0.0139. The quantitative estimate of drug-likeness (QED) is 0.900. The Balaban J connectivity index is 1.52. The minimum Gasteiger partial charge on any atom is -0.326 e. The topological polar surface area (TPSA) is 61.6 Å². The van der Waals surface area contributed by atoms with E-state index in [9.17, 15) is 4.79 Å². The first-order valence-electron chi connectivity index (χ1n) is 8.35. The Morgan fingerprint density at radius 1 is 1.14 bits per heavy atom. The number of nitrogens with two attached hydrogens (primary N) is 1. The molecule has 1 aromatic rings. The largest absolute Gasteiger partial charge is 0.326 e. The Bertz CT molecular complexity index is 496. The first-order chi connectivity index (χ1) is 10.8. The van der Waals surface area contributed by atoms with Gasteiger partial charge in [-0.15, -0.1) is 0 Å². The molecule has 2 heterocycles. The summed E-state index contributed by atoms with van der Waals surface area (Å²) in [5.41, 5.74) is 7.50. The number of urea groups is 1. The molecule has 0 aliphatic carbocycles. The number of carbonyl (C=O) groups is 1. The maximum Gasteiger partial charge on any atom is 0.321 e. The van der Waals surface area contributed by atoms with E-state index < -0.39 is 0 Å². The van der Waals surface area contributed by atoms with Crippen LogP contribution in [0.5, 0.6) is 0 Å². The van der Waals surface area contributed by atoms with Gasteiger partial charge in [0.25, 0.3) is 0 Å². The monoisotopic (exact) mass is 302 g/mol. The predicted octanol–water partition coefficient (Wildman–Crippen LogP) is 2.24. The Morgan fingerprint density at radius 3 is 2.55 bits per heavy atom. The highest BCUT2D eigenvalue weighted by Crippen LogP contribution is 2.21. The molecule has 22 heavy (non-hydrogen) atoms. The lowest BCUT2D eigenvalue weighted by Gasteiger charge is -2.32. The zero-order chi connectivity index (χ0) is 15.4. The number of hydrogen-bond donors (Lipinski definition) is 2. The summed E-state index contributed by atoms with van der Waals surface area (Å²) < 4.78 is 0. The van der Waals surface area contributed by atoms with Gasteiger partial charge >= 0.3 is 6.03 Å². The van der Waals surface area contributed by atoms with E-state index in [0.717, 1.165) is 30.8 Å². The fourth-order valence-electron chi connectivity index (χ4n) is 3.43. The van der Waals surface area contributed by atoms with Crippen molar-refractivity contribution in [3.8, 4) is 0 Å². The van der Waals surface area contributed by atoms with E-state index in [1.165, 1.54) is 32.4 Å². The van der Waals surface area contributed by atoms with E-state index in [1.807, 2.05) is 29.2 Å². The summed E-state index contributed by atoms with van der Waals surface area (Å²) in [4.78, 5) is 16.9. The number of anilines is 1. The van der Waals surface area contributed by atoms with Gasteiger partial charge in [0.05, 0.1) is 0 Å². The van der Waals surface area contributed by atoms with E-state index in [4.69, 9.17) is 5.73 Å². The molecule has 0 spiro atoms. The molecule has 1 aromatic carbocycles. The third-order valence-electron chi connectivity index (χ3n) is 4.80. The summed E-state index contributed by atoms with van der Waals surface area (Å²) in [7, 11) is 0. The first-order valence-corrected chi connectivity index (χ1v) is 8.35. The van der Waals surface area contributed by atoms with Gasteiger partial charge in [-0.2, -0.15) is 0 Å². The average Bonchev–Trinajstić information content (AvgIpc) is 3.06. The summed E-state index contributed by atoms with van der Waals surface area (Å²) >= 11 is 0. The molecule has 3 rings (SSSR count). The van der Waals surface area contributed by atoms with Gasteiger partial charge < -0.3 is 16.0 Å². The van der Waals surface area contributed by atoms with Crippen LogP contribution in [0.4, 0.5) is 10.5 Å². The van der Waals surface area contributed by atoms with Crippen LogP contribution in [0.25, 0.3) is 0 Å². The molecular formula is C17H26N4O. The molecular weight excluding hydrogens is 276 g/mol. The number of rotatable bonds is 3. The number of benzene rings is 1. The Hall–Kier alpha value is -1.59. The van der Waals surface area contributed by atoms with Gasteiger partial charge in [-0.1, -0.05) is 18.6 Å². The van der Waals surface area contributed by atoms with Crippen molar-refractivity contribution in [3.05, 3.63) is 29.8 Å². The second kappa shape index (κ2) is 7.11. The molecule has 2 aliphatic rings. The van der Waals surface area contributed by atoms with Crippen LogP contribution in [0.15, 0.2) is 24.3 Å². The van der Waals surface area contributed by atoms with E-state index in [0.29, 0.717) is 12.6 Å². The van der Waals surface area contributed by atoms with Gasteiger partial charge in [0, 0.05) is 31.4 Å². The summed E-state index contributed by atoms with van der Waals surface area (Å²) in [5, 5.41) is 2.99. The standard InChI is InChI=1S/C17H26N4O/c18-12-14-4-6-15(7-5-14)19-17(22)21-11-8-16(13-21)20-9-2-1-3-10-20/h4-7,16H,1-3,8-13,18H2,(H,19,22). The number of hydrogen-bond acceptors (Lipinski definition) is 3. The Labute approximate surface area is 132 Å². The highest BCUT2D eigenvalue weighted by Gasteiger charge is 2.30. The van der Waals surface area contributed by atoms with Crippen LogP contribution in [0, 0.1) is 0 Å².